The molecule has 0 fully saturated rings. The number of halogens is 2. The van der Waals surface area contributed by atoms with Crippen molar-refractivity contribution < 1.29 is 24.1 Å². The van der Waals surface area contributed by atoms with Crippen LogP contribution in [0.5, 0.6) is 5.75 Å². The molecule has 8 heteroatoms. The van der Waals surface area contributed by atoms with Crippen LogP contribution in [0.2, 0.25) is 5.02 Å². The molecule has 0 aliphatic carbocycles. The van der Waals surface area contributed by atoms with Crippen molar-refractivity contribution in [3.63, 3.8) is 0 Å². The molecule has 170 valence electrons. The number of aliphatic hydroxyl groups excluding tert-OH is 1. The number of hydrogen-bond acceptors (Lipinski definition) is 4. The summed E-state index contributed by atoms with van der Waals surface area (Å²) in [6.07, 6.45) is 1.36. The highest BCUT2D eigenvalue weighted by Crippen LogP contribution is 2.32. The monoisotopic (exact) mass is 461 g/mol. The van der Waals surface area contributed by atoms with Gasteiger partial charge in [0.1, 0.15) is 17.1 Å². The van der Waals surface area contributed by atoms with Crippen LogP contribution < -0.4 is 10.2 Å². The maximum atomic E-state index is 14.7. The molecule has 0 saturated heterocycles. The first-order valence-electron chi connectivity index (χ1n) is 10.1. The summed E-state index contributed by atoms with van der Waals surface area (Å²) in [5.41, 5.74) is 0.928. The fourth-order valence-corrected chi connectivity index (χ4v) is 4.07. The maximum Gasteiger partial charge on any atom is 0.341 e. The molecule has 0 saturated carbocycles. The SMILES string of the molecule is COc1cc2c(cc1Cc1c(C)ccc(Cl)c1F)c(=O)c(C(=O)O)cn2[C@H](CO)C(C)C. The first kappa shape index (κ1) is 23.8. The van der Waals surface area contributed by atoms with Crippen LogP contribution in [-0.4, -0.2) is 34.5 Å². The average molecular weight is 462 g/mol. The lowest BCUT2D eigenvalue weighted by molar-refractivity contribution is 0.0694. The lowest BCUT2D eigenvalue weighted by Gasteiger charge is -2.25. The van der Waals surface area contributed by atoms with Crippen LogP contribution in [0.4, 0.5) is 4.39 Å². The molecular weight excluding hydrogens is 437 g/mol. The number of carboxylic acids is 1. The highest BCUT2D eigenvalue weighted by Gasteiger charge is 2.23. The molecule has 0 amide bonds. The van der Waals surface area contributed by atoms with Crippen LogP contribution in [0.15, 0.2) is 35.3 Å². The normalized spacial score (nSPS) is 12.4. The van der Waals surface area contributed by atoms with Crippen molar-refractivity contribution in [3.8, 4) is 5.75 Å². The second-order valence-corrected chi connectivity index (χ2v) is 8.50. The number of nitrogens with zero attached hydrogens (tertiary/aromatic N) is 1. The van der Waals surface area contributed by atoms with Gasteiger partial charge in [-0.25, -0.2) is 9.18 Å². The zero-order valence-corrected chi connectivity index (χ0v) is 19.0. The number of rotatable bonds is 7. The van der Waals surface area contributed by atoms with Gasteiger partial charge in [0.15, 0.2) is 0 Å². The molecule has 32 heavy (non-hydrogen) atoms. The summed E-state index contributed by atoms with van der Waals surface area (Å²) < 4.78 is 21.8. The highest BCUT2D eigenvalue weighted by atomic mass is 35.5. The second-order valence-electron chi connectivity index (χ2n) is 8.09. The van der Waals surface area contributed by atoms with Gasteiger partial charge in [0.2, 0.25) is 5.43 Å². The van der Waals surface area contributed by atoms with Crippen molar-refractivity contribution in [1.29, 1.82) is 0 Å². The Kier molecular flexibility index (Phi) is 6.91. The Morgan fingerprint density at radius 2 is 1.97 bits per heavy atom. The van der Waals surface area contributed by atoms with Crippen LogP contribution in [0.1, 0.15) is 46.9 Å². The van der Waals surface area contributed by atoms with Gasteiger partial charge in [-0.15, -0.1) is 0 Å². The predicted octanol–water partition coefficient (Wildman–Crippen LogP) is 4.59. The van der Waals surface area contributed by atoms with Crippen LogP contribution in [0, 0.1) is 18.7 Å². The van der Waals surface area contributed by atoms with Gasteiger partial charge in [-0.1, -0.05) is 31.5 Å². The molecule has 0 aliphatic heterocycles. The lowest BCUT2D eigenvalue weighted by Crippen LogP contribution is -2.25. The van der Waals surface area contributed by atoms with Gasteiger partial charge in [0, 0.05) is 24.1 Å². The Balaban J connectivity index is 2.34. The van der Waals surface area contributed by atoms with Crippen LogP contribution >= 0.6 is 11.6 Å². The Labute approximate surface area is 189 Å². The number of ether oxygens (including phenoxy) is 1. The molecule has 0 bridgehead atoms. The number of carbonyl (C=O) groups is 1. The summed E-state index contributed by atoms with van der Waals surface area (Å²) in [5.74, 6) is -1.54. The summed E-state index contributed by atoms with van der Waals surface area (Å²) in [5, 5.41) is 19.7. The Hall–Kier alpha value is -2.90. The van der Waals surface area contributed by atoms with Gasteiger partial charge in [-0.2, -0.15) is 0 Å². The van der Waals surface area contributed by atoms with Gasteiger partial charge >= 0.3 is 5.97 Å². The maximum absolute atomic E-state index is 14.7. The molecule has 0 radical (unpaired) electrons. The van der Waals surface area contributed by atoms with E-state index in [1.165, 1.54) is 25.4 Å². The molecule has 2 N–H and O–H groups in total. The first-order valence-corrected chi connectivity index (χ1v) is 10.5. The predicted molar refractivity (Wildman–Crippen MR) is 122 cm³/mol. The van der Waals surface area contributed by atoms with Crippen molar-refractivity contribution in [2.75, 3.05) is 13.7 Å². The number of benzene rings is 2. The van der Waals surface area contributed by atoms with E-state index in [4.69, 9.17) is 16.3 Å². The topological polar surface area (TPSA) is 88.8 Å². The third-order valence-corrected chi connectivity index (χ3v) is 6.07. The summed E-state index contributed by atoms with van der Waals surface area (Å²) in [4.78, 5) is 24.8. The molecule has 3 rings (SSSR count). The fraction of sp³-hybridized carbons (Fsp3) is 0.333. The molecule has 1 aromatic heterocycles. The Bertz CT molecular complexity index is 1250. The van der Waals surface area contributed by atoms with Crippen LogP contribution in [0.25, 0.3) is 10.9 Å². The number of aliphatic hydroxyl groups is 1. The van der Waals surface area contributed by atoms with E-state index in [-0.39, 0.29) is 29.4 Å². The summed E-state index contributed by atoms with van der Waals surface area (Å²) >= 11 is 5.95. The summed E-state index contributed by atoms with van der Waals surface area (Å²) in [6.45, 7) is 5.29. The molecule has 1 heterocycles. The van der Waals surface area contributed by atoms with E-state index in [0.29, 0.717) is 28.0 Å². The molecule has 0 unspecified atom stereocenters. The van der Waals surface area contributed by atoms with E-state index < -0.39 is 28.8 Å². The van der Waals surface area contributed by atoms with E-state index in [1.54, 1.807) is 23.6 Å². The van der Waals surface area contributed by atoms with Gasteiger partial charge in [0.05, 0.1) is 30.3 Å². The molecule has 3 aromatic rings. The number of fused-ring (bicyclic) bond motifs is 1. The molecule has 1 atom stereocenters. The number of aryl methyl sites for hydroxylation is 1. The van der Waals surface area contributed by atoms with E-state index in [1.807, 2.05) is 13.8 Å². The van der Waals surface area contributed by atoms with Crippen molar-refractivity contribution in [1.82, 2.24) is 4.57 Å². The number of hydrogen-bond donors (Lipinski definition) is 2. The number of carboxylic acid groups (broad SMARTS) is 1. The van der Waals surface area contributed by atoms with E-state index in [9.17, 15) is 24.2 Å². The van der Waals surface area contributed by atoms with Gasteiger partial charge in [0.25, 0.3) is 0 Å². The lowest BCUT2D eigenvalue weighted by atomic mass is 9.96. The smallest absolute Gasteiger partial charge is 0.341 e. The van der Waals surface area contributed by atoms with E-state index in [2.05, 4.69) is 0 Å². The van der Waals surface area contributed by atoms with Crippen LogP contribution in [-0.2, 0) is 6.42 Å². The molecule has 6 nitrogen and oxygen atoms in total. The van der Waals surface area contributed by atoms with E-state index >= 15 is 0 Å². The van der Waals surface area contributed by atoms with Crippen molar-refractivity contribution in [2.24, 2.45) is 5.92 Å². The Morgan fingerprint density at radius 3 is 2.53 bits per heavy atom. The number of pyridine rings is 1. The first-order chi connectivity index (χ1) is 15.1. The highest BCUT2D eigenvalue weighted by molar-refractivity contribution is 6.30. The van der Waals surface area contributed by atoms with Crippen molar-refractivity contribution in [2.45, 2.75) is 33.2 Å². The number of methoxy groups -OCH3 is 1. The third kappa shape index (κ3) is 4.23. The molecule has 2 aromatic carbocycles. The minimum Gasteiger partial charge on any atom is -0.496 e. The standard InChI is InChI=1S/C24H25ClFNO5/c1-12(2)20(11-28)27-10-17(24(30)31)23(29)16-8-14(21(32-4)9-19(16)27)7-15-13(3)5-6-18(25)22(15)26/h5-6,8-10,12,20,28H,7,11H2,1-4H3,(H,30,31)/t20-/m1/s1. The van der Waals surface area contributed by atoms with Crippen molar-refractivity contribution >= 4 is 28.5 Å². The fourth-order valence-electron chi connectivity index (χ4n) is 3.89. The average Bonchev–Trinajstić information content (AvgIpc) is 2.75. The summed E-state index contributed by atoms with van der Waals surface area (Å²) in [7, 11) is 1.46. The minimum atomic E-state index is -1.36. The quantitative estimate of drug-likeness (QED) is 0.537. The molecule has 0 spiro atoms. The third-order valence-electron chi connectivity index (χ3n) is 5.78. The number of aromatic carboxylic acids is 1. The zero-order chi connectivity index (χ0) is 23.7. The zero-order valence-electron chi connectivity index (χ0n) is 18.3. The number of aromatic nitrogens is 1. The van der Waals surface area contributed by atoms with Gasteiger partial charge < -0.3 is 19.5 Å². The van der Waals surface area contributed by atoms with Gasteiger partial charge in [-0.05, 0) is 41.7 Å². The molecule has 0 aliphatic rings. The second kappa shape index (κ2) is 9.30. The minimum absolute atomic E-state index is 0.0106. The Morgan fingerprint density at radius 1 is 1.28 bits per heavy atom. The van der Waals surface area contributed by atoms with E-state index in [0.717, 1.165) is 0 Å². The van der Waals surface area contributed by atoms with Crippen LogP contribution in [0.3, 0.4) is 0 Å². The van der Waals surface area contributed by atoms with Gasteiger partial charge in [-0.3, -0.25) is 4.79 Å². The van der Waals surface area contributed by atoms with Crippen molar-refractivity contribution in [3.05, 3.63) is 73.8 Å². The largest absolute Gasteiger partial charge is 0.496 e. The summed E-state index contributed by atoms with van der Waals surface area (Å²) in [6, 6.07) is 5.89. The molecular formula is C24H25ClFNO5.